The van der Waals surface area contributed by atoms with Crippen molar-refractivity contribution >= 4 is 29.4 Å². The average Bonchev–Trinajstić information content (AvgIpc) is 3.45. The first-order chi connectivity index (χ1) is 15.7. The summed E-state index contributed by atoms with van der Waals surface area (Å²) in [7, 11) is 1.65. The number of carboxylic acids is 1. The Kier molecular flexibility index (Phi) is 6.23. The lowest BCUT2D eigenvalue weighted by atomic mass is 9.74. The number of aliphatic carboxylic acids is 1. The van der Waals surface area contributed by atoms with Gasteiger partial charge in [-0.3, -0.25) is 14.6 Å². The Morgan fingerprint density at radius 2 is 1.97 bits per heavy atom. The van der Waals surface area contributed by atoms with Crippen molar-refractivity contribution in [3.8, 4) is 0 Å². The molecule has 1 fully saturated rings. The lowest BCUT2D eigenvalue weighted by Gasteiger charge is -2.30. The molecule has 0 radical (unpaired) electrons. The molecule has 0 aliphatic heterocycles. The summed E-state index contributed by atoms with van der Waals surface area (Å²) in [5.74, 6) is -0.899. The number of benzene rings is 1. The summed E-state index contributed by atoms with van der Waals surface area (Å²) in [5.41, 5.74) is 3.61. The van der Waals surface area contributed by atoms with Crippen LogP contribution in [-0.2, 0) is 10.2 Å². The number of anilines is 1. The van der Waals surface area contributed by atoms with E-state index in [0.717, 1.165) is 48.8 Å². The molecule has 33 heavy (non-hydrogen) atoms. The molecule has 1 heterocycles. The van der Waals surface area contributed by atoms with Crippen molar-refractivity contribution in [2.45, 2.75) is 64.2 Å². The van der Waals surface area contributed by atoms with Gasteiger partial charge in [-0.25, -0.2) is 4.98 Å². The van der Waals surface area contributed by atoms with Crippen LogP contribution < -0.4 is 5.32 Å². The number of carbonyl (C=O) groups excluding carboxylic acids is 1. The van der Waals surface area contributed by atoms with Crippen molar-refractivity contribution in [1.29, 1.82) is 0 Å². The number of aliphatic imine (C=N–C) groups is 1. The van der Waals surface area contributed by atoms with E-state index in [1.807, 2.05) is 18.2 Å². The van der Waals surface area contributed by atoms with Gasteiger partial charge in [-0.2, -0.15) is 0 Å². The topological polar surface area (TPSA) is 107 Å². The van der Waals surface area contributed by atoms with E-state index in [1.54, 1.807) is 19.5 Å². The molecule has 174 valence electrons. The van der Waals surface area contributed by atoms with Gasteiger partial charge >= 0.3 is 5.97 Å². The average molecular weight is 449 g/mol. The number of carbonyl (C=O) groups is 2. The fourth-order valence-electron chi connectivity index (χ4n) is 4.98. The van der Waals surface area contributed by atoms with E-state index < -0.39 is 11.4 Å². The van der Waals surface area contributed by atoms with E-state index in [9.17, 15) is 14.7 Å². The molecule has 2 aliphatic carbocycles. The van der Waals surface area contributed by atoms with Crippen LogP contribution in [0.4, 0.5) is 5.69 Å². The minimum atomic E-state index is -0.846. The molecule has 0 saturated heterocycles. The van der Waals surface area contributed by atoms with E-state index in [0.29, 0.717) is 24.2 Å². The maximum absolute atomic E-state index is 12.9. The number of allylic oxidation sites excluding steroid dienone is 2. The van der Waals surface area contributed by atoms with Gasteiger partial charge in [0.2, 0.25) is 0 Å². The van der Waals surface area contributed by atoms with E-state index in [-0.39, 0.29) is 17.1 Å². The number of imidazole rings is 1. The summed E-state index contributed by atoms with van der Waals surface area (Å²) in [6, 6.07) is 5.71. The minimum Gasteiger partial charge on any atom is -0.481 e. The Bertz CT molecular complexity index is 1120. The number of hydrogen-bond donors (Lipinski definition) is 3. The number of nitrogens with one attached hydrogen (secondary N) is 2. The number of hydrogen-bond acceptors (Lipinski definition) is 4. The highest BCUT2D eigenvalue weighted by atomic mass is 16.4. The van der Waals surface area contributed by atoms with Gasteiger partial charge < -0.3 is 15.4 Å². The maximum atomic E-state index is 12.9. The zero-order valence-electron chi connectivity index (χ0n) is 19.6. The van der Waals surface area contributed by atoms with Gasteiger partial charge in [-0.05, 0) is 60.8 Å². The molecule has 0 atom stereocenters. The van der Waals surface area contributed by atoms with E-state index in [4.69, 9.17) is 0 Å². The van der Waals surface area contributed by atoms with Crippen LogP contribution in [0.2, 0.25) is 0 Å². The van der Waals surface area contributed by atoms with Crippen molar-refractivity contribution in [3.63, 3.8) is 0 Å². The third-order valence-corrected chi connectivity index (χ3v) is 7.08. The van der Waals surface area contributed by atoms with Crippen molar-refractivity contribution in [2.75, 3.05) is 12.4 Å². The molecule has 1 amide bonds. The summed E-state index contributed by atoms with van der Waals surface area (Å²) in [4.78, 5) is 36.3. The molecule has 7 heteroatoms. The van der Waals surface area contributed by atoms with Gasteiger partial charge in [-0.1, -0.05) is 38.8 Å². The fraction of sp³-hybridized carbons (Fsp3) is 0.462. The molecule has 7 nitrogen and oxygen atoms in total. The number of H-pyrrole nitrogens is 1. The Morgan fingerprint density at radius 3 is 2.61 bits per heavy atom. The molecule has 1 aromatic carbocycles. The van der Waals surface area contributed by atoms with Gasteiger partial charge in [0.05, 0.1) is 17.3 Å². The molecule has 0 unspecified atom stereocenters. The lowest BCUT2D eigenvalue weighted by Crippen LogP contribution is -2.32. The Labute approximate surface area is 194 Å². The van der Waals surface area contributed by atoms with Gasteiger partial charge in [0.15, 0.2) is 5.82 Å². The van der Waals surface area contributed by atoms with E-state index >= 15 is 0 Å². The summed E-state index contributed by atoms with van der Waals surface area (Å²) < 4.78 is 0. The second-order valence-corrected chi connectivity index (χ2v) is 9.98. The Balaban J connectivity index is 1.72. The highest BCUT2D eigenvalue weighted by Crippen LogP contribution is 2.45. The molecular formula is C26H32N4O3. The zero-order chi connectivity index (χ0) is 23.6. The SMILES string of the molecule is CN=Cc1cnc(C(=O)Nc2ccc(C3(C(=O)O)CCCC3)cc2C2=CCC(C)(C)CC2)[nH]1. The smallest absolute Gasteiger partial charge is 0.314 e. The first-order valence-electron chi connectivity index (χ1n) is 11.6. The third-order valence-electron chi connectivity index (χ3n) is 7.08. The molecule has 2 aromatic rings. The molecule has 0 bridgehead atoms. The van der Waals surface area contributed by atoms with Gasteiger partial charge in [-0.15, -0.1) is 0 Å². The van der Waals surface area contributed by atoms with Crippen molar-refractivity contribution in [2.24, 2.45) is 10.4 Å². The molecule has 4 rings (SSSR count). The van der Waals surface area contributed by atoms with Crippen LogP contribution in [0, 0.1) is 5.41 Å². The molecule has 3 N–H and O–H groups in total. The van der Waals surface area contributed by atoms with Crippen LogP contribution >= 0.6 is 0 Å². The third kappa shape index (κ3) is 4.63. The van der Waals surface area contributed by atoms with E-state index in [2.05, 4.69) is 40.2 Å². The predicted molar refractivity (Wildman–Crippen MR) is 130 cm³/mol. The number of rotatable bonds is 6. The zero-order valence-corrected chi connectivity index (χ0v) is 19.6. The van der Waals surface area contributed by atoms with Gasteiger partial charge in [0.25, 0.3) is 5.91 Å². The highest BCUT2D eigenvalue weighted by Gasteiger charge is 2.43. The van der Waals surface area contributed by atoms with Crippen LogP contribution in [0.5, 0.6) is 0 Å². The lowest BCUT2D eigenvalue weighted by molar-refractivity contribution is -0.143. The number of amides is 1. The van der Waals surface area contributed by atoms with Crippen LogP contribution in [0.1, 0.15) is 86.2 Å². The summed E-state index contributed by atoms with van der Waals surface area (Å²) >= 11 is 0. The Hall–Kier alpha value is -3.22. The number of aromatic nitrogens is 2. The Morgan fingerprint density at radius 1 is 1.21 bits per heavy atom. The van der Waals surface area contributed by atoms with Gasteiger partial charge in [0, 0.05) is 24.5 Å². The molecule has 0 spiro atoms. The largest absolute Gasteiger partial charge is 0.481 e. The van der Waals surface area contributed by atoms with Crippen molar-refractivity contribution in [1.82, 2.24) is 9.97 Å². The molecule has 1 saturated carbocycles. The second-order valence-electron chi connectivity index (χ2n) is 9.98. The van der Waals surface area contributed by atoms with Crippen LogP contribution in [-0.4, -0.2) is 40.2 Å². The van der Waals surface area contributed by atoms with E-state index in [1.165, 1.54) is 0 Å². The summed E-state index contributed by atoms with van der Waals surface area (Å²) in [6.07, 6.45) is 11.4. The number of carboxylic acid groups (broad SMARTS) is 1. The first-order valence-corrected chi connectivity index (χ1v) is 11.6. The van der Waals surface area contributed by atoms with Gasteiger partial charge in [0.1, 0.15) is 0 Å². The fourth-order valence-corrected chi connectivity index (χ4v) is 4.98. The van der Waals surface area contributed by atoms with Crippen molar-refractivity contribution in [3.05, 3.63) is 53.1 Å². The standard InChI is InChI=1S/C26H32N4O3/c1-25(2)12-8-17(9-13-25)20-14-18(26(24(32)33)10-4-5-11-26)6-7-21(20)30-23(31)22-28-16-19(29-22)15-27-3/h6-8,14-16H,4-5,9-13H2,1-3H3,(H,28,29)(H,30,31)(H,32,33). The molecule has 1 aromatic heterocycles. The van der Waals surface area contributed by atoms with Crippen LogP contribution in [0.25, 0.3) is 5.57 Å². The summed E-state index contributed by atoms with van der Waals surface area (Å²) in [6.45, 7) is 4.51. The number of aromatic amines is 1. The normalized spacial score (nSPS) is 19.4. The first kappa shape index (κ1) is 23.0. The summed E-state index contributed by atoms with van der Waals surface area (Å²) in [5, 5.41) is 13.1. The quantitative estimate of drug-likeness (QED) is 0.528. The predicted octanol–water partition coefficient (Wildman–Crippen LogP) is 5.20. The van der Waals surface area contributed by atoms with Crippen LogP contribution in [0.15, 0.2) is 35.5 Å². The van der Waals surface area contributed by atoms with Crippen LogP contribution in [0.3, 0.4) is 0 Å². The number of nitrogens with zero attached hydrogens (tertiary/aromatic N) is 2. The maximum Gasteiger partial charge on any atom is 0.314 e. The minimum absolute atomic E-state index is 0.205. The second kappa shape index (κ2) is 8.96. The molecule has 2 aliphatic rings. The highest BCUT2D eigenvalue weighted by molar-refractivity contribution is 6.04. The van der Waals surface area contributed by atoms with Crippen molar-refractivity contribution < 1.29 is 14.7 Å². The molecular weight excluding hydrogens is 416 g/mol. The monoisotopic (exact) mass is 448 g/mol.